The van der Waals surface area contributed by atoms with Crippen LogP contribution in [0.3, 0.4) is 0 Å². The van der Waals surface area contributed by atoms with Crippen LogP contribution in [-0.4, -0.2) is 30.9 Å². The lowest BCUT2D eigenvalue weighted by Gasteiger charge is -2.17. The molecule has 1 amide bonds. The van der Waals surface area contributed by atoms with Crippen molar-refractivity contribution in [3.63, 3.8) is 0 Å². The van der Waals surface area contributed by atoms with E-state index in [1.807, 2.05) is 36.2 Å². The molecule has 0 heterocycles. The molecular formula is C22H24N2O. The minimum atomic E-state index is 0.0687. The number of amides is 1. The lowest BCUT2D eigenvalue weighted by Crippen LogP contribution is -2.35. The van der Waals surface area contributed by atoms with Crippen LogP contribution < -0.4 is 5.32 Å². The summed E-state index contributed by atoms with van der Waals surface area (Å²) in [7, 11) is 1.98. The average Bonchev–Trinajstić information content (AvgIpc) is 2.62. The molecule has 0 aromatic heterocycles. The Hall–Kier alpha value is -2.65. The van der Waals surface area contributed by atoms with E-state index in [4.69, 9.17) is 0 Å². The summed E-state index contributed by atoms with van der Waals surface area (Å²) in [5.41, 5.74) is 2.46. The Morgan fingerprint density at radius 2 is 1.60 bits per heavy atom. The first-order chi connectivity index (χ1) is 12.2. The molecular weight excluding hydrogens is 308 g/mol. The van der Waals surface area contributed by atoms with Gasteiger partial charge in [-0.1, -0.05) is 66.7 Å². The molecule has 128 valence electrons. The molecule has 0 spiro atoms. The molecule has 0 radical (unpaired) electrons. The smallest absolute Gasteiger partial charge is 0.234 e. The van der Waals surface area contributed by atoms with Crippen LogP contribution in [0.25, 0.3) is 10.8 Å². The van der Waals surface area contributed by atoms with Crippen molar-refractivity contribution >= 4 is 16.7 Å². The van der Waals surface area contributed by atoms with E-state index in [0.717, 1.165) is 13.0 Å². The summed E-state index contributed by atoms with van der Waals surface area (Å²) >= 11 is 0. The minimum Gasteiger partial charge on any atom is -0.355 e. The lowest BCUT2D eigenvalue weighted by atomic mass is 10.1. The second-order valence-corrected chi connectivity index (χ2v) is 6.44. The first kappa shape index (κ1) is 17.2. The van der Waals surface area contributed by atoms with Crippen molar-refractivity contribution in [2.24, 2.45) is 0 Å². The van der Waals surface area contributed by atoms with E-state index in [0.29, 0.717) is 13.1 Å². The molecule has 0 saturated heterocycles. The molecule has 0 aliphatic carbocycles. The van der Waals surface area contributed by atoms with Gasteiger partial charge in [0.15, 0.2) is 0 Å². The van der Waals surface area contributed by atoms with Crippen LogP contribution in [0.15, 0.2) is 72.8 Å². The van der Waals surface area contributed by atoms with Gasteiger partial charge >= 0.3 is 0 Å². The van der Waals surface area contributed by atoms with Gasteiger partial charge in [0.1, 0.15) is 0 Å². The van der Waals surface area contributed by atoms with Crippen LogP contribution in [0.2, 0.25) is 0 Å². The molecule has 0 aliphatic heterocycles. The van der Waals surface area contributed by atoms with Crippen molar-refractivity contribution in [3.05, 3.63) is 83.9 Å². The second kappa shape index (κ2) is 8.45. The summed E-state index contributed by atoms with van der Waals surface area (Å²) in [6.07, 6.45) is 0.862. The number of hydrogen-bond donors (Lipinski definition) is 1. The highest BCUT2D eigenvalue weighted by atomic mass is 16.2. The van der Waals surface area contributed by atoms with E-state index in [1.54, 1.807) is 0 Å². The van der Waals surface area contributed by atoms with Crippen LogP contribution >= 0.6 is 0 Å². The Kier molecular flexibility index (Phi) is 5.81. The molecule has 3 aromatic rings. The first-order valence-corrected chi connectivity index (χ1v) is 8.67. The number of carbonyl (C=O) groups is 1. The number of rotatable bonds is 7. The Balaban J connectivity index is 1.46. The Morgan fingerprint density at radius 3 is 2.40 bits per heavy atom. The van der Waals surface area contributed by atoms with E-state index in [9.17, 15) is 4.79 Å². The number of likely N-dealkylation sites (N-methyl/N-ethyl adjacent to an activating group) is 1. The normalized spacial score (nSPS) is 11.0. The molecule has 3 heteroatoms. The monoisotopic (exact) mass is 332 g/mol. The molecule has 0 bridgehead atoms. The van der Waals surface area contributed by atoms with Crippen molar-refractivity contribution in [2.45, 2.75) is 13.0 Å². The summed E-state index contributed by atoms with van der Waals surface area (Å²) in [6.45, 7) is 1.84. The average molecular weight is 332 g/mol. The van der Waals surface area contributed by atoms with Crippen molar-refractivity contribution in [1.82, 2.24) is 10.2 Å². The van der Waals surface area contributed by atoms with Gasteiger partial charge in [0.05, 0.1) is 6.54 Å². The summed E-state index contributed by atoms with van der Waals surface area (Å²) in [6, 6.07) is 25.0. The molecule has 0 fully saturated rings. The molecule has 3 nitrogen and oxygen atoms in total. The molecule has 0 aliphatic rings. The number of nitrogens with one attached hydrogen (secondary N) is 1. The van der Waals surface area contributed by atoms with E-state index in [-0.39, 0.29) is 5.91 Å². The molecule has 0 unspecified atom stereocenters. The van der Waals surface area contributed by atoms with Gasteiger partial charge in [-0.25, -0.2) is 0 Å². The number of nitrogens with zero attached hydrogens (tertiary/aromatic N) is 1. The van der Waals surface area contributed by atoms with Crippen molar-refractivity contribution in [2.75, 3.05) is 20.1 Å². The lowest BCUT2D eigenvalue weighted by molar-refractivity contribution is -0.122. The van der Waals surface area contributed by atoms with Crippen molar-refractivity contribution in [3.8, 4) is 0 Å². The van der Waals surface area contributed by atoms with Crippen LogP contribution in [-0.2, 0) is 17.8 Å². The van der Waals surface area contributed by atoms with Gasteiger partial charge in [-0.05, 0) is 41.4 Å². The first-order valence-electron chi connectivity index (χ1n) is 8.67. The zero-order valence-corrected chi connectivity index (χ0v) is 14.6. The Labute approximate surface area is 149 Å². The van der Waals surface area contributed by atoms with Crippen LogP contribution in [0, 0.1) is 0 Å². The third-order valence-corrected chi connectivity index (χ3v) is 4.26. The number of fused-ring (bicyclic) bond motifs is 1. The minimum absolute atomic E-state index is 0.0687. The molecule has 25 heavy (non-hydrogen) atoms. The summed E-state index contributed by atoms with van der Waals surface area (Å²) in [4.78, 5) is 14.1. The van der Waals surface area contributed by atoms with Gasteiger partial charge in [-0.15, -0.1) is 0 Å². The second-order valence-electron chi connectivity index (χ2n) is 6.44. The standard InChI is InChI=1S/C22H24N2O/c1-24(16-19-11-12-20-9-5-6-10-21(20)15-19)17-22(25)23-14-13-18-7-3-2-4-8-18/h2-12,15H,13-14,16-17H2,1H3,(H,23,25). The highest BCUT2D eigenvalue weighted by Crippen LogP contribution is 2.16. The van der Waals surface area contributed by atoms with Crippen LogP contribution in [0.4, 0.5) is 0 Å². The predicted octanol–water partition coefficient (Wildman–Crippen LogP) is 3.63. The van der Waals surface area contributed by atoms with Gasteiger partial charge in [0.25, 0.3) is 0 Å². The number of carbonyl (C=O) groups excluding carboxylic acids is 1. The summed E-state index contributed by atoms with van der Waals surface area (Å²) < 4.78 is 0. The van der Waals surface area contributed by atoms with Crippen LogP contribution in [0.5, 0.6) is 0 Å². The van der Waals surface area contributed by atoms with Crippen molar-refractivity contribution in [1.29, 1.82) is 0 Å². The van der Waals surface area contributed by atoms with Gasteiger partial charge in [0, 0.05) is 13.1 Å². The summed E-state index contributed by atoms with van der Waals surface area (Å²) in [5.74, 6) is 0.0687. The third kappa shape index (κ3) is 5.16. The van der Waals surface area contributed by atoms with Crippen molar-refractivity contribution < 1.29 is 4.79 Å². The maximum absolute atomic E-state index is 12.1. The Bertz CT molecular complexity index is 830. The quantitative estimate of drug-likeness (QED) is 0.716. The fourth-order valence-corrected chi connectivity index (χ4v) is 3.00. The molecule has 1 N–H and O–H groups in total. The van der Waals surface area contributed by atoms with Gasteiger partial charge < -0.3 is 5.32 Å². The SMILES string of the molecule is CN(CC(=O)NCCc1ccccc1)Cc1ccc2ccccc2c1. The maximum Gasteiger partial charge on any atom is 0.234 e. The highest BCUT2D eigenvalue weighted by molar-refractivity contribution is 5.83. The summed E-state index contributed by atoms with van der Waals surface area (Å²) in [5, 5.41) is 5.48. The van der Waals surface area contributed by atoms with Gasteiger partial charge in [0.2, 0.25) is 5.91 Å². The zero-order chi connectivity index (χ0) is 17.5. The zero-order valence-electron chi connectivity index (χ0n) is 14.6. The van der Waals surface area contributed by atoms with Gasteiger partial charge in [-0.2, -0.15) is 0 Å². The van der Waals surface area contributed by atoms with E-state index in [2.05, 4.69) is 53.8 Å². The highest BCUT2D eigenvalue weighted by Gasteiger charge is 2.07. The molecule has 0 saturated carbocycles. The molecule has 3 rings (SSSR count). The van der Waals surface area contributed by atoms with E-state index >= 15 is 0 Å². The molecule has 0 atom stereocenters. The van der Waals surface area contributed by atoms with Crippen LogP contribution in [0.1, 0.15) is 11.1 Å². The fourth-order valence-electron chi connectivity index (χ4n) is 3.00. The maximum atomic E-state index is 12.1. The number of hydrogen-bond acceptors (Lipinski definition) is 2. The van der Waals surface area contributed by atoms with E-state index < -0.39 is 0 Å². The predicted molar refractivity (Wildman–Crippen MR) is 103 cm³/mol. The Morgan fingerprint density at radius 1 is 0.880 bits per heavy atom. The number of benzene rings is 3. The largest absolute Gasteiger partial charge is 0.355 e. The topological polar surface area (TPSA) is 32.3 Å². The van der Waals surface area contributed by atoms with Gasteiger partial charge in [-0.3, -0.25) is 9.69 Å². The van der Waals surface area contributed by atoms with E-state index in [1.165, 1.54) is 21.9 Å². The third-order valence-electron chi connectivity index (χ3n) is 4.26. The molecule has 3 aromatic carbocycles. The fraction of sp³-hybridized carbons (Fsp3) is 0.227.